The number of nitrogens with zero attached hydrogens (tertiary/aromatic N) is 2. The smallest absolute Gasteiger partial charge is 0.243 e. The van der Waals surface area contributed by atoms with Crippen molar-refractivity contribution in [2.45, 2.75) is 12.5 Å². The Kier molecular flexibility index (Phi) is 6.17. The number of carbonyl (C=O) groups excluding carboxylic acids is 1. The number of thioether (sulfide) groups is 1. The number of carbonyl (C=O) groups is 1. The van der Waals surface area contributed by atoms with Gasteiger partial charge in [0.25, 0.3) is 0 Å². The van der Waals surface area contributed by atoms with Crippen LogP contribution in [0.5, 0.6) is 5.88 Å². The summed E-state index contributed by atoms with van der Waals surface area (Å²) in [6.45, 7) is 0. The van der Waals surface area contributed by atoms with Gasteiger partial charge in [-0.1, -0.05) is 11.6 Å². The van der Waals surface area contributed by atoms with Crippen LogP contribution in [0.4, 0.5) is 5.95 Å². The number of nitrogens with two attached hydrogens (primary N) is 1. The van der Waals surface area contributed by atoms with Gasteiger partial charge in [0.15, 0.2) is 0 Å². The lowest BCUT2D eigenvalue weighted by Gasteiger charge is -2.11. The molecule has 100 valence electrons. The molecule has 0 aliphatic carbocycles. The Hall–Kier alpha value is -1.05. The molecule has 0 aromatic carbocycles. The third-order valence-electron chi connectivity index (χ3n) is 2.09. The minimum absolute atomic E-state index is 0.0870. The van der Waals surface area contributed by atoms with Gasteiger partial charge in [-0.25, -0.2) is 4.98 Å². The molecule has 0 radical (unpaired) electrons. The van der Waals surface area contributed by atoms with Crippen molar-refractivity contribution in [2.24, 2.45) is 5.73 Å². The summed E-state index contributed by atoms with van der Waals surface area (Å²) < 4.78 is 4.92. The van der Waals surface area contributed by atoms with Crippen LogP contribution in [-0.2, 0) is 4.79 Å². The van der Waals surface area contributed by atoms with E-state index >= 15 is 0 Å². The van der Waals surface area contributed by atoms with Crippen molar-refractivity contribution < 1.29 is 9.53 Å². The van der Waals surface area contributed by atoms with E-state index in [1.165, 1.54) is 13.2 Å². The quantitative estimate of drug-likeness (QED) is 0.764. The van der Waals surface area contributed by atoms with E-state index in [4.69, 9.17) is 22.1 Å². The highest BCUT2D eigenvalue weighted by Crippen LogP contribution is 2.15. The van der Waals surface area contributed by atoms with Gasteiger partial charge in [0, 0.05) is 6.07 Å². The Morgan fingerprint density at radius 1 is 1.67 bits per heavy atom. The molecule has 0 spiro atoms. The Morgan fingerprint density at radius 3 is 3.00 bits per heavy atom. The molecular weight excluding hydrogens is 276 g/mol. The first-order chi connectivity index (χ1) is 8.56. The predicted molar refractivity (Wildman–Crippen MR) is 73.2 cm³/mol. The lowest BCUT2D eigenvalue weighted by Crippen LogP contribution is -2.36. The Balaban J connectivity index is 2.66. The number of rotatable bonds is 6. The van der Waals surface area contributed by atoms with Crippen LogP contribution in [-0.4, -0.2) is 41.0 Å². The summed E-state index contributed by atoms with van der Waals surface area (Å²) in [6.07, 6.45) is 2.54. The SMILES string of the molecule is COc1cc(Cl)nc(NC(=O)[C@H](N)CCSC)n1. The molecule has 0 saturated carbocycles. The highest BCUT2D eigenvalue weighted by Gasteiger charge is 2.15. The number of ether oxygens (including phenoxy) is 1. The molecule has 3 N–H and O–H groups in total. The summed E-state index contributed by atoms with van der Waals surface area (Å²) in [6, 6.07) is 0.858. The molecule has 1 atom stereocenters. The lowest BCUT2D eigenvalue weighted by atomic mass is 10.2. The van der Waals surface area contributed by atoms with Gasteiger partial charge in [-0.3, -0.25) is 10.1 Å². The largest absolute Gasteiger partial charge is 0.481 e. The maximum Gasteiger partial charge on any atom is 0.243 e. The van der Waals surface area contributed by atoms with E-state index in [2.05, 4.69) is 15.3 Å². The average Bonchev–Trinajstić information content (AvgIpc) is 2.34. The Bertz CT molecular complexity index is 419. The minimum Gasteiger partial charge on any atom is -0.481 e. The molecule has 1 aromatic rings. The molecule has 1 rings (SSSR count). The number of nitrogens with one attached hydrogen (secondary N) is 1. The molecule has 0 fully saturated rings. The van der Waals surface area contributed by atoms with Crippen LogP contribution in [0.25, 0.3) is 0 Å². The standard InChI is InChI=1S/C10H15ClN4O2S/c1-17-8-5-7(11)13-10(14-8)15-9(16)6(12)3-4-18-2/h5-6H,3-4,12H2,1-2H3,(H,13,14,15,16)/t6-/m1/s1. The zero-order valence-corrected chi connectivity index (χ0v) is 11.7. The van der Waals surface area contributed by atoms with Crippen LogP contribution in [0.1, 0.15) is 6.42 Å². The fraction of sp³-hybridized carbons (Fsp3) is 0.500. The molecule has 18 heavy (non-hydrogen) atoms. The molecule has 1 amide bonds. The van der Waals surface area contributed by atoms with Gasteiger partial charge in [-0.2, -0.15) is 16.7 Å². The second kappa shape index (κ2) is 7.40. The zero-order valence-electron chi connectivity index (χ0n) is 10.1. The van der Waals surface area contributed by atoms with Crippen molar-refractivity contribution in [3.63, 3.8) is 0 Å². The van der Waals surface area contributed by atoms with E-state index < -0.39 is 6.04 Å². The summed E-state index contributed by atoms with van der Waals surface area (Å²) in [7, 11) is 1.45. The first kappa shape index (κ1) is 15.0. The molecular formula is C10H15ClN4O2S. The van der Waals surface area contributed by atoms with Crippen LogP contribution in [0.3, 0.4) is 0 Å². The fourth-order valence-electron chi connectivity index (χ4n) is 1.14. The summed E-state index contributed by atoms with van der Waals surface area (Å²) in [4.78, 5) is 19.5. The molecule has 8 heteroatoms. The van der Waals surface area contributed by atoms with Gasteiger partial charge >= 0.3 is 0 Å². The van der Waals surface area contributed by atoms with E-state index in [-0.39, 0.29) is 22.9 Å². The van der Waals surface area contributed by atoms with Crippen LogP contribution in [0.2, 0.25) is 5.15 Å². The highest BCUT2D eigenvalue weighted by molar-refractivity contribution is 7.98. The first-order valence-corrected chi connectivity index (χ1v) is 6.98. The van der Waals surface area contributed by atoms with Crippen molar-refractivity contribution in [1.82, 2.24) is 9.97 Å². The van der Waals surface area contributed by atoms with E-state index in [1.807, 2.05) is 6.26 Å². The monoisotopic (exact) mass is 290 g/mol. The molecule has 0 saturated heterocycles. The second-order valence-electron chi connectivity index (χ2n) is 3.43. The maximum atomic E-state index is 11.7. The highest BCUT2D eigenvalue weighted by atomic mass is 35.5. The van der Waals surface area contributed by atoms with Crippen molar-refractivity contribution in [3.05, 3.63) is 11.2 Å². The summed E-state index contributed by atoms with van der Waals surface area (Å²) in [5, 5.41) is 2.70. The maximum absolute atomic E-state index is 11.7. The van der Waals surface area contributed by atoms with Crippen LogP contribution >= 0.6 is 23.4 Å². The number of methoxy groups -OCH3 is 1. The second-order valence-corrected chi connectivity index (χ2v) is 4.81. The first-order valence-electron chi connectivity index (χ1n) is 5.20. The topological polar surface area (TPSA) is 90.1 Å². The molecule has 0 aliphatic heterocycles. The number of hydrogen-bond donors (Lipinski definition) is 2. The van der Waals surface area contributed by atoms with Gasteiger partial charge < -0.3 is 10.5 Å². The molecule has 1 heterocycles. The summed E-state index contributed by atoms with van der Waals surface area (Å²) in [5.41, 5.74) is 5.71. The van der Waals surface area contributed by atoms with E-state index in [0.29, 0.717) is 6.42 Å². The van der Waals surface area contributed by atoms with E-state index in [9.17, 15) is 4.79 Å². The van der Waals surface area contributed by atoms with Crippen LogP contribution in [0, 0.1) is 0 Å². The normalized spacial score (nSPS) is 12.0. The minimum atomic E-state index is -0.592. The molecule has 0 aliphatic rings. The number of anilines is 1. The van der Waals surface area contributed by atoms with Gasteiger partial charge in [0.05, 0.1) is 13.2 Å². The lowest BCUT2D eigenvalue weighted by molar-refractivity contribution is -0.117. The van der Waals surface area contributed by atoms with Gasteiger partial charge in [0.2, 0.25) is 17.7 Å². The van der Waals surface area contributed by atoms with Crippen molar-refractivity contribution >= 4 is 35.2 Å². The molecule has 0 unspecified atom stereocenters. The number of amides is 1. The number of hydrogen-bond acceptors (Lipinski definition) is 6. The summed E-state index contributed by atoms with van der Waals surface area (Å²) >= 11 is 7.39. The zero-order chi connectivity index (χ0) is 13.5. The van der Waals surface area contributed by atoms with E-state index in [0.717, 1.165) is 5.75 Å². The van der Waals surface area contributed by atoms with Crippen molar-refractivity contribution in [2.75, 3.05) is 24.4 Å². The Morgan fingerprint density at radius 2 is 2.39 bits per heavy atom. The van der Waals surface area contributed by atoms with Crippen LogP contribution in [0.15, 0.2) is 6.07 Å². The van der Waals surface area contributed by atoms with Crippen molar-refractivity contribution in [1.29, 1.82) is 0 Å². The Labute approximate surface area is 115 Å². The number of halogens is 1. The van der Waals surface area contributed by atoms with Gasteiger partial charge in [0.1, 0.15) is 5.15 Å². The van der Waals surface area contributed by atoms with Crippen LogP contribution < -0.4 is 15.8 Å². The van der Waals surface area contributed by atoms with E-state index in [1.54, 1.807) is 11.8 Å². The number of aromatic nitrogens is 2. The molecule has 1 aromatic heterocycles. The third-order valence-corrected chi connectivity index (χ3v) is 2.92. The predicted octanol–water partition coefficient (Wildman–Crippen LogP) is 1.16. The summed E-state index contributed by atoms with van der Waals surface area (Å²) in [5.74, 6) is 0.842. The van der Waals surface area contributed by atoms with Crippen molar-refractivity contribution in [3.8, 4) is 5.88 Å². The molecule has 0 bridgehead atoms. The average molecular weight is 291 g/mol. The van der Waals surface area contributed by atoms with Gasteiger partial charge in [-0.05, 0) is 18.4 Å². The third kappa shape index (κ3) is 4.67. The van der Waals surface area contributed by atoms with Gasteiger partial charge in [-0.15, -0.1) is 0 Å². The fourth-order valence-corrected chi connectivity index (χ4v) is 1.80. The molecule has 6 nitrogen and oxygen atoms in total.